The molecular weight excluding hydrogens is 191 g/mol. The fourth-order valence-electron chi connectivity index (χ4n) is 0.887. The van der Waals surface area contributed by atoms with Gasteiger partial charge in [-0.15, -0.1) is 0 Å². The highest BCUT2D eigenvalue weighted by Crippen LogP contribution is 2.23. The number of carboxylic acid groups (broad SMARTS) is 1. The van der Waals surface area contributed by atoms with Crippen molar-refractivity contribution in [1.82, 2.24) is 0 Å². The van der Waals surface area contributed by atoms with Gasteiger partial charge in [0.1, 0.15) is 17.1 Å². The number of phenols is 1. The third-order valence-corrected chi connectivity index (χ3v) is 1.44. The van der Waals surface area contributed by atoms with E-state index in [1.807, 2.05) is 0 Å². The van der Waals surface area contributed by atoms with Crippen LogP contribution in [0.15, 0.2) is 18.2 Å². The SMILES string of the molecule is O=C(O)c1ccc(OB(O)O)cc1O. The van der Waals surface area contributed by atoms with E-state index < -0.39 is 19.0 Å². The van der Waals surface area contributed by atoms with Gasteiger partial charge in [0.2, 0.25) is 0 Å². The van der Waals surface area contributed by atoms with Gasteiger partial charge in [-0.25, -0.2) is 4.79 Å². The summed E-state index contributed by atoms with van der Waals surface area (Å²) in [4.78, 5) is 10.5. The molecule has 74 valence electrons. The number of hydrogen-bond acceptors (Lipinski definition) is 5. The van der Waals surface area contributed by atoms with E-state index in [0.717, 1.165) is 12.1 Å². The van der Waals surface area contributed by atoms with Crippen molar-refractivity contribution in [2.45, 2.75) is 0 Å². The maximum Gasteiger partial charge on any atom is 0.707 e. The average Bonchev–Trinajstić information content (AvgIpc) is 2.01. The second-order valence-corrected chi connectivity index (χ2v) is 2.43. The largest absolute Gasteiger partial charge is 0.707 e. The molecule has 7 heteroatoms. The molecule has 0 bridgehead atoms. The number of rotatable bonds is 3. The number of aromatic hydroxyl groups is 1. The lowest BCUT2D eigenvalue weighted by atomic mass is 10.2. The summed E-state index contributed by atoms with van der Waals surface area (Å²) in [6, 6.07) is 3.26. The van der Waals surface area contributed by atoms with Gasteiger partial charge >= 0.3 is 13.3 Å². The summed E-state index contributed by atoms with van der Waals surface area (Å²) in [7, 11) is -2.01. The molecule has 0 saturated carbocycles. The maximum atomic E-state index is 10.5. The second-order valence-electron chi connectivity index (χ2n) is 2.43. The highest BCUT2D eigenvalue weighted by Gasteiger charge is 2.14. The highest BCUT2D eigenvalue weighted by molar-refractivity contribution is 6.33. The zero-order valence-electron chi connectivity index (χ0n) is 6.91. The molecule has 14 heavy (non-hydrogen) atoms. The van der Waals surface area contributed by atoms with Gasteiger partial charge < -0.3 is 24.9 Å². The van der Waals surface area contributed by atoms with Crippen molar-refractivity contribution in [3.8, 4) is 11.5 Å². The van der Waals surface area contributed by atoms with E-state index in [2.05, 4.69) is 4.65 Å². The Morgan fingerprint density at radius 2 is 2.00 bits per heavy atom. The Bertz CT molecular complexity index is 350. The van der Waals surface area contributed by atoms with Crippen LogP contribution < -0.4 is 4.65 Å². The van der Waals surface area contributed by atoms with E-state index >= 15 is 0 Å². The minimum Gasteiger partial charge on any atom is -0.512 e. The summed E-state index contributed by atoms with van der Waals surface area (Å²) >= 11 is 0. The van der Waals surface area contributed by atoms with E-state index in [9.17, 15) is 4.79 Å². The lowest BCUT2D eigenvalue weighted by Gasteiger charge is -2.05. The predicted molar refractivity (Wildman–Crippen MR) is 45.9 cm³/mol. The van der Waals surface area contributed by atoms with E-state index in [-0.39, 0.29) is 11.3 Å². The van der Waals surface area contributed by atoms with Crippen LogP contribution in [0.5, 0.6) is 11.5 Å². The van der Waals surface area contributed by atoms with Crippen LogP contribution in [-0.2, 0) is 0 Å². The summed E-state index contributed by atoms with van der Waals surface area (Å²) in [6.45, 7) is 0. The molecule has 6 nitrogen and oxygen atoms in total. The van der Waals surface area contributed by atoms with Gasteiger partial charge in [0.25, 0.3) is 0 Å². The van der Waals surface area contributed by atoms with Gasteiger partial charge in [0, 0.05) is 6.07 Å². The quantitative estimate of drug-likeness (QED) is 0.484. The number of aromatic carboxylic acids is 1. The first-order chi connectivity index (χ1) is 6.50. The van der Waals surface area contributed by atoms with E-state index in [1.54, 1.807) is 0 Å². The summed E-state index contributed by atoms with van der Waals surface area (Å²) in [5.41, 5.74) is -0.287. The zero-order chi connectivity index (χ0) is 10.7. The molecule has 0 atom stereocenters. The minimum atomic E-state index is -2.01. The molecule has 0 spiro atoms. The summed E-state index contributed by atoms with van der Waals surface area (Å²) in [5, 5.41) is 34.5. The normalized spacial score (nSPS) is 9.57. The van der Waals surface area contributed by atoms with E-state index in [4.69, 9.17) is 20.3 Å². The van der Waals surface area contributed by atoms with Crippen LogP contribution >= 0.6 is 0 Å². The molecule has 1 aromatic carbocycles. The molecule has 0 aliphatic rings. The van der Waals surface area contributed by atoms with Crippen molar-refractivity contribution in [2.24, 2.45) is 0 Å². The molecule has 1 rings (SSSR count). The molecule has 0 aliphatic carbocycles. The molecule has 0 aromatic heterocycles. The lowest BCUT2D eigenvalue weighted by molar-refractivity contribution is 0.0694. The molecule has 0 unspecified atom stereocenters. The van der Waals surface area contributed by atoms with Gasteiger partial charge in [-0.3, -0.25) is 0 Å². The molecule has 0 radical (unpaired) electrons. The molecule has 0 amide bonds. The van der Waals surface area contributed by atoms with Crippen LogP contribution in [0.2, 0.25) is 0 Å². The number of hydrogen-bond donors (Lipinski definition) is 4. The number of carbonyl (C=O) groups is 1. The zero-order valence-corrected chi connectivity index (χ0v) is 6.91. The Balaban J connectivity index is 2.94. The molecular formula is C7H7BO6. The Morgan fingerprint density at radius 3 is 2.43 bits per heavy atom. The monoisotopic (exact) mass is 198 g/mol. The topological polar surface area (TPSA) is 107 Å². The lowest BCUT2D eigenvalue weighted by Crippen LogP contribution is -2.20. The predicted octanol–water partition coefficient (Wildman–Crippen LogP) is -0.561. The Kier molecular flexibility index (Phi) is 2.95. The molecule has 0 fully saturated rings. The Hall–Kier alpha value is -1.73. The first-order valence-corrected chi connectivity index (χ1v) is 3.60. The fraction of sp³-hybridized carbons (Fsp3) is 0. The van der Waals surface area contributed by atoms with Gasteiger partial charge in [0.05, 0.1) is 0 Å². The van der Waals surface area contributed by atoms with Crippen LogP contribution in [0, 0.1) is 0 Å². The third kappa shape index (κ3) is 2.38. The molecule has 0 saturated heterocycles. The van der Waals surface area contributed by atoms with Gasteiger partial charge in [-0.1, -0.05) is 0 Å². The molecule has 1 aromatic rings. The second kappa shape index (κ2) is 3.99. The molecule has 0 heterocycles. The van der Waals surface area contributed by atoms with E-state index in [1.165, 1.54) is 6.07 Å². The Labute approximate surface area is 79.2 Å². The summed E-state index contributed by atoms with van der Waals surface area (Å²) in [5.74, 6) is -1.82. The van der Waals surface area contributed by atoms with Gasteiger partial charge in [-0.2, -0.15) is 0 Å². The van der Waals surface area contributed by atoms with Crippen molar-refractivity contribution < 1.29 is 29.7 Å². The van der Waals surface area contributed by atoms with Crippen molar-refractivity contribution in [1.29, 1.82) is 0 Å². The maximum absolute atomic E-state index is 10.5. The van der Waals surface area contributed by atoms with Gasteiger partial charge in [0.15, 0.2) is 0 Å². The van der Waals surface area contributed by atoms with Crippen molar-refractivity contribution in [3.05, 3.63) is 23.8 Å². The van der Waals surface area contributed by atoms with Crippen LogP contribution in [0.25, 0.3) is 0 Å². The first-order valence-electron chi connectivity index (χ1n) is 3.60. The Morgan fingerprint density at radius 1 is 1.36 bits per heavy atom. The van der Waals surface area contributed by atoms with E-state index in [0.29, 0.717) is 0 Å². The van der Waals surface area contributed by atoms with Crippen molar-refractivity contribution in [3.63, 3.8) is 0 Å². The highest BCUT2D eigenvalue weighted by atomic mass is 16.6. The third-order valence-electron chi connectivity index (χ3n) is 1.44. The average molecular weight is 198 g/mol. The summed E-state index contributed by atoms with van der Waals surface area (Å²) in [6.07, 6.45) is 0. The van der Waals surface area contributed by atoms with Crippen LogP contribution in [0.3, 0.4) is 0 Å². The fourth-order valence-corrected chi connectivity index (χ4v) is 0.887. The minimum absolute atomic E-state index is 0.0394. The van der Waals surface area contributed by atoms with Crippen molar-refractivity contribution in [2.75, 3.05) is 0 Å². The van der Waals surface area contributed by atoms with Crippen LogP contribution in [0.4, 0.5) is 0 Å². The molecule has 0 aliphatic heterocycles. The molecule has 4 N–H and O–H groups in total. The van der Waals surface area contributed by atoms with Gasteiger partial charge in [-0.05, 0) is 12.1 Å². The smallest absolute Gasteiger partial charge is 0.512 e. The summed E-state index contributed by atoms with van der Waals surface area (Å²) < 4.78 is 4.39. The first kappa shape index (κ1) is 10.4. The number of carboxylic acids is 1. The standard InChI is InChI=1S/C7H7BO6/c9-6-3-4(14-8(12)13)1-2-5(6)7(10)11/h1-3,9,12-13H,(H,10,11). The van der Waals surface area contributed by atoms with Crippen molar-refractivity contribution >= 4 is 13.3 Å². The van der Waals surface area contributed by atoms with Crippen LogP contribution in [0.1, 0.15) is 10.4 Å². The number of benzene rings is 1. The van der Waals surface area contributed by atoms with Crippen LogP contribution in [-0.4, -0.2) is 33.6 Å².